The number of aliphatic hydroxyl groups excluding tert-OH is 1. The van der Waals surface area contributed by atoms with Crippen LogP contribution in [0.1, 0.15) is 17.5 Å². The summed E-state index contributed by atoms with van der Waals surface area (Å²) in [5, 5.41) is 10.2. The van der Waals surface area contributed by atoms with Gasteiger partial charge in [-0.25, -0.2) is 0 Å². The van der Waals surface area contributed by atoms with Crippen LogP contribution in [-0.4, -0.2) is 29.2 Å². The van der Waals surface area contributed by atoms with Crippen molar-refractivity contribution >= 4 is 11.6 Å². The minimum atomic E-state index is -0.140. The van der Waals surface area contributed by atoms with Crippen molar-refractivity contribution in [2.45, 2.75) is 26.0 Å². The normalized spacial score (nSPS) is 22.2. The number of aliphatic hydroxyl groups is 1. The lowest BCUT2D eigenvalue weighted by atomic mass is 10.1. The zero-order valence-corrected chi connectivity index (χ0v) is 9.67. The molecule has 0 amide bonds. The van der Waals surface area contributed by atoms with Crippen LogP contribution in [0.25, 0.3) is 0 Å². The molecule has 0 aliphatic carbocycles. The summed E-state index contributed by atoms with van der Waals surface area (Å²) < 4.78 is 0. The molecule has 0 radical (unpaired) electrons. The summed E-state index contributed by atoms with van der Waals surface area (Å²) in [6.45, 7) is 4.71. The molecule has 1 heterocycles. The van der Waals surface area contributed by atoms with E-state index in [1.54, 1.807) is 0 Å². The first-order valence-electron chi connectivity index (χ1n) is 5.30. The second-order valence-corrected chi connectivity index (χ2v) is 4.67. The molecule has 1 aromatic carbocycles. The van der Waals surface area contributed by atoms with Crippen LogP contribution in [0, 0.1) is 6.92 Å². The molecule has 1 aliphatic heterocycles. The summed E-state index contributed by atoms with van der Waals surface area (Å²) in [6, 6.07) is 6.12. The van der Waals surface area contributed by atoms with Crippen LogP contribution in [0.5, 0.6) is 0 Å². The molecule has 0 aromatic heterocycles. The predicted octanol–water partition coefficient (Wildman–Crippen LogP) is 2.22. The topological polar surface area (TPSA) is 23.5 Å². The van der Waals surface area contributed by atoms with Crippen molar-refractivity contribution in [1.29, 1.82) is 0 Å². The van der Waals surface area contributed by atoms with E-state index in [2.05, 4.69) is 17.0 Å². The van der Waals surface area contributed by atoms with Gasteiger partial charge in [0.05, 0.1) is 6.10 Å². The lowest BCUT2D eigenvalue weighted by Gasteiger charge is -2.15. The van der Waals surface area contributed by atoms with Crippen LogP contribution >= 0.6 is 11.6 Å². The number of hydrogen-bond acceptors (Lipinski definition) is 2. The zero-order valence-electron chi connectivity index (χ0n) is 8.91. The molecule has 2 rings (SSSR count). The minimum absolute atomic E-state index is 0.140. The highest BCUT2D eigenvalue weighted by atomic mass is 35.5. The van der Waals surface area contributed by atoms with Gasteiger partial charge in [-0.3, -0.25) is 4.90 Å². The van der Waals surface area contributed by atoms with E-state index in [0.717, 1.165) is 36.6 Å². The van der Waals surface area contributed by atoms with Crippen LogP contribution in [0.15, 0.2) is 18.2 Å². The third-order valence-electron chi connectivity index (χ3n) is 2.88. The monoisotopic (exact) mass is 225 g/mol. The van der Waals surface area contributed by atoms with E-state index in [1.807, 2.05) is 13.0 Å². The van der Waals surface area contributed by atoms with Crippen LogP contribution in [-0.2, 0) is 6.54 Å². The Labute approximate surface area is 95.5 Å². The standard InChI is InChI=1S/C12H16ClNO/c1-9-6-10(2-3-12(9)13)7-14-5-4-11(15)8-14/h2-3,6,11,15H,4-5,7-8H2,1H3/t11-/m1/s1. The smallest absolute Gasteiger partial charge is 0.0679 e. The lowest BCUT2D eigenvalue weighted by molar-refractivity contribution is 0.175. The van der Waals surface area contributed by atoms with Crippen LogP contribution < -0.4 is 0 Å². The third kappa shape index (κ3) is 2.71. The molecule has 2 nitrogen and oxygen atoms in total. The van der Waals surface area contributed by atoms with Crippen molar-refractivity contribution in [3.05, 3.63) is 34.3 Å². The van der Waals surface area contributed by atoms with E-state index in [-0.39, 0.29) is 6.10 Å². The molecular formula is C12H16ClNO. The quantitative estimate of drug-likeness (QED) is 0.835. The highest BCUT2D eigenvalue weighted by molar-refractivity contribution is 6.31. The van der Waals surface area contributed by atoms with Crippen molar-refractivity contribution in [3.63, 3.8) is 0 Å². The summed E-state index contributed by atoms with van der Waals surface area (Å²) in [4.78, 5) is 2.27. The summed E-state index contributed by atoms with van der Waals surface area (Å²) in [6.07, 6.45) is 0.755. The Balaban J connectivity index is 2.02. The SMILES string of the molecule is Cc1cc(CN2CC[C@@H](O)C2)ccc1Cl. The van der Waals surface area contributed by atoms with Crippen LogP contribution in [0.2, 0.25) is 5.02 Å². The van der Waals surface area contributed by atoms with E-state index >= 15 is 0 Å². The number of halogens is 1. The largest absolute Gasteiger partial charge is 0.392 e. The van der Waals surface area contributed by atoms with Crippen molar-refractivity contribution in [2.24, 2.45) is 0 Å². The molecule has 0 bridgehead atoms. The first-order chi connectivity index (χ1) is 7.15. The van der Waals surface area contributed by atoms with E-state index in [1.165, 1.54) is 5.56 Å². The summed E-state index contributed by atoms with van der Waals surface area (Å²) >= 11 is 5.97. The van der Waals surface area contributed by atoms with Gasteiger partial charge in [-0.1, -0.05) is 23.7 Å². The number of β-amino-alcohol motifs (C(OH)–C–C–N with tert-alkyl or cyclic N) is 1. The Hall–Kier alpha value is -0.570. The number of benzene rings is 1. The molecule has 0 unspecified atom stereocenters. The van der Waals surface area contributed by atoms with Gasteiger partial charge in [0.1, 0.15) is 0 Å². The van der Waals surface area contributed by atoms with Gasteiger partial charge in [0, 0.05) is 24.7 Å². The fraction of sp³-hybridized carbons (Fsp3) is 0.500. The van der Waals surface area contributed by atoms with Gasteiger partial charge in [-0.05, 0) is 30.5 Å². The number of aryl methyl sites for hydroxylation is 1. The van der Waals surface area contributed by atoms with Gasteiger partial charge in [0.2, 0.25) is 0 Å². The highest BCUT2D eigenvalue weighted by Crippen LogP contribution is 2.19. The average Bonchev–Trinajstić information content (AvgIpc) is 2.58. The van der Waals surface area contributed by atoms with Gasteiger partial charge < -0.3 is 5.11 Å². The second-order valence-electron chi connectivity index (χ2n) is 4.26. The molecular weight excluding hydrogens is 210 g/mol. The molecule has 1 aliphatic rings. The second kappa shape index (κ2) is 4.52. The maximum Gasteiger partial charge on any atom is 0.0679 e. The Morgan fingerprint density at radius 2 is 2.33 bits per heavy atom. The van der Waals surface area contributed by atoms with Crippen molar-refractivity contribution < 1.29 is 5.11 Å². The molecule has 3 heteroatoms. The van der Waals surface area contributed by atoms with Crippen LogP contribution in [0.3, 0.4) is 0 Å². The van der Waals surface area contributed by atoms with E-state index in [9.17, 15) is 5.11 Å². The molecule has 1 fully saturated rings. The maximum absolute atomic E-state index is 9.41. The average molecular weight is 226 g/mol. The van der Waals surface area contributed by atoms with Gasteiger partial charge in [0.15, 0.2) is 0 Å². The molecule has 1 saturated heterocycles. The molecule has 82 valence electrons. The van der Waals surface area contributed by atoms with E-state index < -0.39 is 0 Å². The van der Waals surface area contributed by atoms with Crippen molar-refractivity contribution in [2.75, 3.05) is 13.1 Å². The minimum Gasteiger partial charge on any atom is -0.392 e. The highest BCUT2D eigenvalue weighted by Gasteiger charge is 2.19. The van der Waals surface area contributed by atoms with Crippen LogP contribution in [0.4, 0.5) is 0 Å². The Kier molecular flexibility index (Phi) is 3.29. The lowest BCUT2D eigenvalue weighted by Crippen LogP contribution is -2.21. The predicted molar refractivity (Wildman–Crippen MR) is 62.1 cm³/mol. The van der Waals surface area contributed by atoms with Gasteiger partial charge in [-0.2, -0.15) is 0 Å². The molecule has 0 spiro atoms. The molecule has 15 heavy (non-hydrogen) atoms. The fourth-order valence-corrected chi connectivity index (χ4v) is 2.14. The fourth-order valence-electron chi connectivity index (χ4n) is 2.02. The van der Waals surface area contributed by atoms with E-state index in [4.69, 9.17) is 11.6 Å². The summed E-state index contributed by atoms with van der Waals surface area (Å²) in [7, 11) is 0. The molecule has 1 N–H and O–H groups in total. The number of nitrogens with zero attached hydrogens (tertiary/aromatic N) is 1. The van der Waals surface area contributed by atoms with Gasteiger partial charge in [0.25, 0.3) is 0 Å². The first-order valence-corrected chi connectivity index (χ1v) is 5.68. The Bertz CT molecular complexity index is 353. The third-order valence-corrected chi connectivity index (χ3v) is 3.30. The van der Waals surface area contributed by atoms with Gasteiger partial charge in [-0.15, -0.1) is 0 Å². The summed E-state index contributed by atoms with van der Waals surface area (Å²) in [5.41, 5.74) is 2.39. The molecule has 1 atom stereocenters. The number of likely N-dealkylation sites (tertiary alicyclic amines) is 1. The van der Waals surface area contributed by atoms with Crippen molar-refractivity contribution in [3.8, 4) is 0 Å². The molecule has 0 saturated carbocycles. The number of rotatable bonds is 2. The van der Waals surface area contributed by atoms with Crippen molar-refractivity contribution in [1.82, 2.24) is 4.90 Å². The number of hydrogen-bond donors (Lipinski definition) is 1. The maximum atomic E-state index is 9.41. The Morgan fingerprint density at radius 1 is 1.53 bits per heavy atom. The summed E-state index contributed by atoms with van der Waals surface area (Å²) in [5.74, 6) is 0. The van der Waals surface area contributed by atoms with Gasteiger partial charge >= 0.3 is 0 Å². The Morgan fingerprint density at radius 3 is 2.93 bits per heavy atom. The molecule has 1 aromatic rings. The zero-order chi connectivity index (χ0) is 10.8. The first kappa shape index (κ1) is 10.9. The van der Waals surface area contributed by atoms with E-state index in [0.29, 0.717) is 0 Å².